The second kappa shape index (κ2) is 7.46. The van der Waals surface area contributed by atoms with Crippen LogP contribution < -0.4 is 0 Å². The number of aromatic nitrogens is 2. The van der Waals surface area contributed by atoms with Gasteiger partial charge < -0.3 is 4.57 Å². The summed E-state index contributed by atoms with van der Waals surface area (Å²) in [5, 5.41) is -0.0141. The van der Waals surface area contributed by atoms with Crippen molar-refractivity contribution in [2.24, 2.45) is 7.05 Å². The standard InChI is InChI=1S/C18H23FN4O4S2/c1-21-12-18(20-13-21)29(26,27)23-10-16(14-2-4-15(19)5-3-14)17(11-23)22-6-8-28(24,25)9-7-22/h2-5,12-13,16-17H,6-11H2,1H3/t16-,17+/m1/s1. The topological polar surface area (TPSA) is 92.6 Å². The van der Waals surface area contributed by atoms with Crippen molar-refractivity contribution in [2.45, 2.75) is 17.0 Å². The number of hydrogen-bond donors (Lipinski definition) is 0. The number of nitrogens with zero attached hydrogens (tertiary/aromatic N) is 4. The highest BCUT2D eigenvalue weighted by Crippen LogP contribution is 2.34. The lowest BCUT2D eigenvalue weighted by Crippen LogP contribution is -2.48. The van der Waals surface area contributed by atoms with Gasteiger partial charge in [-0.1, -0.05) is 12.1 Å². The molecule has 0 aliphatic carbocycles. The number of halogens is 1. The predicted octanol–water partition coefficient (Wildman–Crippen LogP) is 0.446. The Morgan fingerprint density at radius 2 is 1.76 bits per heavy atom. The molecule has 0 spiro atoms. The third-order valence-corrected chi connectivity index (χ3v) is 9.01. The van der Waals surface area contributed by atoms with Crippen molar-refractivity contribution in [1.82, 2.24) is 18.8 Å². The summed E-state index contributed by atoms with van der Waals surface area (Å²) in [5.41, 5.74) is 0.837. The maximum absolute atomic E-state index is 13.4. The van der Waals surface area contributed by atoms with Crippen molar-refractivity contribution in [3.8, 4) is 0 Å². The highest BCUT2D eigenvalue weighted by atomic mass is 32.2. The molecule has 0 bridgehead atoms. The number of sulfonamides is 1. The molecule has 2 aliphatic heterocycles. The average molecular weight is 443 g/mol. The summed E-state index contributed by atoms with van der Waals surface area (Å²) >= 11 is 0. The van der Waals surface area contributed by atoms with Gasteiger partial charge in [-0.15, -0.1) is 0 Å². The molecule has 2 atom stereocenters. The van der Waals surface area contributed by atoms with Gasteiger partial charge in [0.1, 0.15) is 5.82 Å². The maximum atomic E-state index is 13.4. The van der Waals surface area contributed by atoms with Crippen LogP contribution in [0.1, 0.15) is 11.5 Å². The predicted molar refractivity (Wildman–Crippen MR) is 105 cm³/mol. The number of hydrogen-bond acceptors (Lipinski definition) is 6. The van der Waals surface area contributed by atoms with Crippen LogP contribution in [0.5, 0.6) is 0 Å². The van der Waals surface area contributed by atoms with E-state index < -0.39 is 19.9 Å². The summed E-state index contributed by atoms with van der Waals surface area (Å²) in [6.07, 6.45) is 2.90. The first kappa shape index (κ1) is 20.5. The van der Waals surface area contributed by atoms with E-state index in [0.717, 1.165) is 5.56 Å². The van der Waals surface area contributed by atoms with Gasteiger partial charge in [0.2, 0.25) is 0 Å². The molecule has 2 fully saturated rings. The van der Waals surface area contributed by atoms with E-state index in [1.54, 1.807) is 23.7 Å². The van der Waals surface area contributed by atoms with Crippen molar-refractivity contribution in [2.75, 3.05) is 37.7 Å². The monoisotopic (exact) mass is 442 g/mol. The Balaban J connectivity index is 1.65. The Morgan fingerprint density at radius 1 is 1.10 bits per heavy atom. The summed E-state index contributed by atoms with van der Waals surface area (Å²) in [7, 11) is -5.13. The number of aryl methyl sites for hydroxylation is 1. The zero-order chi connectivity index (χ0) is 20.8. The molecule has 0 radical (unpaired) electrons. The van der Waals surface area contributed by atoms with Gasteiger partial charge in [-0.2, -0.15) is 4.31 Å². The van der Waals surface area contributed by atoms with Crippen LogP contribution in [0.15, 0.2) is 41.8 Å². The second-order valence-electron chi connectivity index (χ2n) is 7.61. The molecule has 1 aromatic heterocycles. The molecule has 2 aliphatic rings. The molecule has 2 aromatic rings. The van der Waals surface area contributed by atoms with Gasteiger partial charge in [0.25, 0.3) is 10.0 Å². The molecular formula is C18H23FN4O4S2. The first-order chi connectivity index (χ1) is 13.7. The third kappa shape index (κ3) is 4.09. The Kier molecular flexibility index (Phi) is 5.26. The highest BCUT2D eigenvalue weighted by molar-refractivity contribution is 7.91. The lowest BCUT2D eigenvalue weighted by Gasteiger charge is -2.35. The lowest BCUT2D eigenvalue weighted by atomic mass is 9.93. The normalized spacial score (nSPS) is 26.0. The average Bonchev–Trinajstić information content (AvgIpc) is 3.30. The molecule has 1 aromatic carbocycles. The number of sulfone groups is 1. The fourth-order valence-electron chi connectivity index (χ4n) is 4.07. The molecule has 158 valence electrons. The van der Waals surface area contributed by atoms with E-state index in [1.165, 1.54) is 29.0 Å². The number of rotatable bonds is 4. The van der Waals surface area contributed by atoms with Gasteiger partial charge in [-0.3, -0.25) is 4.90 Å². The van der Waals surface area contributed by atoms with Crippen molar-refractivity contribution < 1.29 is 21.2 Å². The van der Waals surface area contributed by atoms with Crippen molar-refractivity contribution in [3.05, 3.63) is 48.2 Å². The van der Waals surface area contributed by atoms with Crippen molar-refractivity contribution in [3.63, 3.8) is 0 Å². The zero-order valence-corrected chi connectivity index (χ0v) is 17.6. The first-order valence-electron chi connectivity index (χ1n) is 9.34. The fraction of sp³-hybridized carbons (Fsp3) is 0.500. The van der Waals surface area contributed by atoms with Crippen LogP contribution in [-0.4, -0.2) is 79.3 Å². The Labute approximate surface area is 169 Å². The van der Waals surface area contributed by atoms with Crippen LogP contribution in [0.4, 0.5) is 4.39 Å². The van der Waals surface area contributed by atoms with E-state index in [0.29, 0.717) is 13.1 Å². The fourth-order valence-corrected chi connectivity index (χ4v) is 6.75. The smallest absolute Gasteiger partial charge is 0.262 e. The molecule has 29 heavy (non-hydrogen) atoms. The van der Waals surface area contributed by atoms with E-state index in [2.05, 4.69) is 4.98 Å². The van der Waals surface area contributed by atoms with E-state index >= 15 is 0 Å². The molecule has 0 saturated carbocycles. The van der Waals surface area contributed by atoms with Crippen molar-refractivity contribution >= 4 is 19.9 Å². The minimum absolute atomic E-state index is 0.0141. The van der Waals surface area contributed by atoms with Gasteiger partial charge in [-0.05, 0) is 17.7 Å². The quantitative estimate of drug-likeness (QED) is 0.683. The van der Waals surface area contributed by atoms with Gasteiger partial charge in [0.05, 0.1) is 17.8 Å². The van der Waals surface area contributed by atoms with Crippen LogP contribution in [0.3, 0.4) is 0 Å². The Morgan fingerprint density at radius 3 is 2.34 bits per heavy atom. The molecule has 0 N–H and O–H groups in total. The first-order valence-corrected chi connectivity index (χ1v) is 12.6. The highest BCUT2D eigenvalue weighted by Gasteiger charge is 2.44. The number of imidazole rings is 1. The molecule has 0 unspecified atom stereocenters. The molecule has 0 amide bonds. The van der Waals surface area contributed by atoms with Gasteiger partial charge in [0, 0.05) is 51.4 Å². The lowest BCUT2D eigenvalue weighted by molar-refractivity contribution is 0.206. The van der Waals surface area contributed by atoms with Crippen LogP contribution >= 0.6 is 0 Å². The van der Waals surface area contributed by atoms with Crippen LogP contribution in [0, 0.1) is 5.82 Å². The Bertz CT molecular complexity index is 1090. The molecule has 3 heterocycles. The summed E-state index contributed by atoms with van der Waals surface area (Å²) in [6, 6.07) is 5.88. The molecular weight excluding hydrogens is 419 g/mol. The van der Waals surface area contributed by atoms with Crippen LogP contribution in [-0.2, 0) is 26.9 Å². The van der Waals surface area contributed by atoms with E-state index in [-0.39, 0.29) is 47.4 Å². The van der Waals surface area contributed by atoms with E-state index in [9.17, 15) is 21.2 Å². The van der Waals surface area contributed by atoms with Crippen molar-refractivity contribution in [1.29, 1.82) is 0 Å². The van der Waals surface area contributed by atoms with E-state index in [4.69, 9.17) is 0 Å². The minimum Gasteiger partial charge on any atom is -0.339 e. The molecule has 8 nitrogen and oxygen atoms in total. The second-order valence-corrected chi connectivity index (χ2v) is 11.8. The Hall–Kier alpha value is -1.82. The third-order valence-electron chi connectivity index (χ3n) is 5.69. The SMILES string of the molecule is Cn1cnc(S(=O)(=O)N2C[C@H](c3ccc(F)cc3)[C@@H](N3CCS(=O)(=O)CC3)C2)c1. The number of benzene rings is 1. The van der Waals surface area contributed by atoms with Gasteiger partial charge in [-0.25, -0.2) is 26.2 Å². The minimum atomic E-state index is -3.78. The van der Waals surface area contributed by atoms with Crippen LogP contribution in [0.25, 0.3) is 0 Å². The molecule has 4 rings (SSSR count). The summed E-state index contributed by atoms with van der Waals surface area (Å²) in [6.45, 7) is 1.20. The van der Waals surface area contributed by atoms with Gasteiger partial charge in [0.15, 0.2) is 14.9 Å². The summed E-state index contributed by atoms with van der Waals surface area (Å²) < 4.78 is 66.2. The zero-order valence-electron chi connectivity index (χ0n) is 16.0. The maximum Gasteiger partial charge on any atom is 0.262 e. The summed E-state index contributed by atoms with van der Waals surface area (Å²) in [4.78, 5) is 6.03. The largest absolute Gasteiger partial charge is 0.339 e. The van der Waals surface area contributed by atoms with E-state index in [1.807, 2.05) is 4.90 Å². The van der Waals surface area contributed by atoms with Gasteiger partial charge >= 0.3 is 0 Å². The molecule has 11 heteroatoms. The summed E-state index contributed by atoms with van der Waals surface area (Å²) in [5.74, 6) is -0.417. The van der Waals surface area contributed by atoms with Crippen LogP contribution in [0.2, 0.25) is 0 Å². The molecule has 2 saturated heterocycles.